The van der Waals surface area contributed by atoms with Gasteiger partial charge in [0.05, 0.1) is 7.11 Å². The Morgan fingerprint density at radius 1 is 1.00 bits per heavy atom. The van der Waals surface area contributed by atoms with Crippen molar-refractivity contribution in [1.29, 1.82) is 0 Å². The maximum atomic E-state index is 13.7. The maximum Gasteiger partial charge on any atom is 0.250 e. The molecule has 2 aliphatic rings. The summed E-state index contributed by atoms with van der Waals surface area (Å²) < 4.78 is 5.39. The van der Waals surface area contributed by atoms with Crippen LogP contribution >= 0.6 is 0 Å². The minimum Gasteiger partial charge on any atom is -0.497 e. The van der Waals surface area contributed by atoms with Gasteiger partial charge in [-0.15, -0.1) is 0 Å². The number of piperazine rings is 1. The van der Waals surface area contributed by atoms with E-state index in [-0.39, 0.29) is 24.4 Å². The molecule has 0 spiro atoms. The first-order chi connectivity index (χ1) is 14.6. The standard InChI is InChI=1S/C25H30N2O3/c1-18-11-13-19(14-12-18)16-27-23(28)17-26(21-8-4-3-5-9-21)25(29)24(27)20-7-6-10-22(15-20)30-2/h6-7,10-15,21,24H,3-5,8-9,16-17H2,1-2H3/t24-/m1/s1. The normalized spacial score (nSPS) is 20.5. The van der Waals surface area contributed by atoms with E-state index in [1.165, 1.54) is 12.0 Å². The Bertz CT molecular complexity index is 903. The molecule has 5 heteroatoms. The van der Waals surface area contributed by atoms with E-state index in [0.717, 1.165) is 36.8 Å². The number of benzene rings is 2. The quantitative estimate of drug-likeness (QED) is 0.746. The molecule has 1 aliphatic heterocycles. The molecule has 1 saturated heterocycles. The summed E-state index contributed by atoms with van der Waals surface area (Å²) in [6.45, 7) is 2.64. The zero-order valence-electron chi connectivity index (χ0n) is 17.8. The lowest BCUT2D eigenvalue weighted by Gasteiger charge is -2.44. The fraction of sp³-hybridized carbons (Fsp3) is 0.440. The monoisotopic (exact) mass is 406 g/mol. The minimum atomic E-state index is -0.621. The summed E-state index contributed by atoms with van der Waals surface area (Å²) in [5.41, 5.74) is 3.01. The van der Waals surface area contributed by atoms with Crippen molar-refractivity contribution in [3.05, 3.63) is 65.2 Å². The molecule has 30 heavy (non-hydrogen) atoms. The van der Waals surface area contributed by atoms with Gasteiger partial charge in [-0.25, -0.2) is 0 Å². The molecule has 158 valence electrons. The largest absolute Gasteiger partial charge is 0.497 e. The lowest BCUT2D eigenvalue weighted by molar-refractivity contribution is -0.160. The van der Waals surface area contributed by atoms with Gasteiger partial charge in [0.1, 0.15) is 18.3 Å². The van der Waals surface area contributed by atoms with Gasteiger partial charge in [0.2, 0.25) is 5.91 Å². The molecule has 0 N–H and O–H groups in total. The first kappa shape index (κ1) is 20.5. The molecule has 1 saturated carbocycles. The van der Waals surface area contributed by atoms with E-state index in [1.807, 2.05) is 60.4 Å². The Morgan fingerprint density at radius 3 is 2.43 bits per heavy atom. The van der Waals surface area contributed by atoms with E-state index in [1.54, 1.807) is 12.0 Å². The van der Waals surface area contributed by atoms with Crippen LogP contribution in [0.15, 0.2) is 48.5 Å². The number of carbonyl (C=O) groups excluding carboxylic acids is 2. The Hall–Kier alpha value is -2.82. The maximum absolute atomic E-state index is 13.7. The second-order valence-electron chi connectivity index (χ2n) is 8.44. The van der Waals surface area contributed by atoms with Crippen molar-refractivity contribution in [2.75, 3.05) is 13.7 Å². The second-order valence-corrected chi connectivity index (χ2v) is 8.44. The van der Waals surface area contributed by atoms with Crippen LogP contribution in [0.5, 0.6) is 5.75 Å². The number of rotatable bonds is 5. The molecule has 2 aromatic carbocycles. The molecule has 2 fully saturated rings. The first-order valence-electron chi connectivity index (χ1n) is 10.9. The zero-order chi connectivity index (χ0) is 21.1. The summed E-state index contributed by atoms with van der Waals surface area (Å²) in [6.07, 6.45) is 5.44. The van der Waals surface area contributed by atoms with Crippen LogP contribution in [0.2, 0.25) is 0 Å². The summed E-state index contributed by atoms with van der Waals surface area (Å²) in [7, 11) is 1.62. The molecule has 4 rings (SSSR count). The van der Waals surface area contributed by atoms with Crippen molar-refractivity contribution in [2.45, 2.75) is 57.7 Å². The van der Waals surface area contributed by atoms with E-state index in [0.29, 0.717) is 12.3 Å². The third kappa shape index (κ3) is 4.20. The van der Waals surface area contributed by atoms with E-state index >= 15 is 0 Å². The van der Waals surface area contributed by atoms with Gasteiger partial charge in [0, 0.05) is 12.6 Å². The van der Waals surface area contributed by atoms with Crippen LogP contribution in [-0.4, -0.2) is 41.3 Å². The minimum absolute atomic E-state index is 0.00793. The number of ether oxygens (including phenoxy) is 1. The van der Waals surface area contributed by atoms with Gasteiger partial charge in [-0.1, -0.05) is 61.2 Å². The van der Waals surface area contributed by atoms with Crippen molar-refractivity contribution in [3.63, 3.8) is 0 Å². The second kappa shape index (κ2) is 8.90. The Balaban J connectivity index is 1.68. The summed E-state index contributed by atoms with van der Waals surface area (Å²) >= 11 is 0. The molecule has 2 aromatic rings. The fourth-order valence-corrected chi connectivity index (χ4v) is 4.65. The zero-order valence-corrected chi connectivity index (χ0v) is 17.8. The van der Waals surface area contributed by atoms with Crippen LogP contribution in [0.3, 0.4) is 0 Å². The topological polar surface area (TPSA) is 49.9 Å². The molecule has 2 amide bonds. The SMILES string of the molecule is COc1cccc([C@@H]2C(=O)N(C3CCCCC3)CC(=O)N2Cc2ccc(C)cc2)c1. The molecular formula is C25H30N2O3. The summed E-state index contributed by atoms with van der Waals surface area (Å²) in [4.78, 5) is 30.6. The number of hydrogen-bond donors (Lipinski definition) is 0. The van der Waals surface area contributed by atoms with Gasteiger partial charge >= 0.3 is 0 Å². The molecule has 1 atom stereocenters. The predicted octanol–water partition coefficient (Wildman–Crippen LogP) is 4.25. The molecule has 5 nitrogen and oxygen atoms in total. The van der Waals surface area contributed by atoms with Crippen molar-refractivity contribution in [2.24, 2.45) is 0 Å². The molecule has 0 bridgehead atoms. The number of nitrogens with zero attached hydrogens (tertiary/aromatic N) is 2. The van der Waals surface area contributed by atoms with Crippen LogP contribution in [0, 0.1) is 6.92 Å². The van der Waals surface area contributed by atoms with Crippen LogP contribution in [0.1, 0.15) is 54.8 Å². The smallest absolute Gasteiger partial charge is 0.250 e. The van der Waals surface area contributed by atoms with E-state index in [4.69, 9.17) is 4.74 Å². The van der Waals surface area contributed by atoms with Crippen LogP contribution in [0.4, 0.5) is 0 Å². The molecule has 0 unspecified atom stereocenters. The Labute approximate surface area is 178 Å². The van der Waals surface area contributed by atoms with E-state index in [2.05, 4.69) is 0 Å². The van der Waals surface area contributed by atoms with Crippen molar-refractivity contribution >= 4 is 11.8 Å². The first-order valence-corrected chi connectivity index (χ1v) is 10.9. The highest BCUT2D eigenvalue weighted by atomic mass is 16.5. The van der Waals surface area contributed by atoms with Gasteiger partial charge in [0.25, 0.3) is 5.91 Å². The summed E-state index contributed by atoms with van der Waals surface area (Å²) in [5.74, 6) is 0.730. The lowest BCUT2D eigenvalue weighted by atomic mass is 9.91. The third-order valence-electron chi connectivity index (χ3n) is 6.35. The molecule has 1 aliphatic carbocycles. The number of amides is 2. The van der Waals surface area contributed by atoms with E-state index < -0.39 is 6.04 Å². The van der Waals surface area contributed by atoms with Crippen molar-refractivity contribution < 1.29 is 14.3 Å². The Kier molecular flexibility index (Phi) is 6.07. The van der Waals surface area contributed by atoms with Crippen molar-refractivity contribution in [3.8, 4) is 5.75 Å². The summed E-state index contributed by atoms with van der Waals surface area (Å²) in [5, 5.41) is 0. The number of hydrogen-bond acceptors (Lipinski definition) is 3. The molecule has 0 aromatic heterocycles. The number of methoxy groups -OCH3 is 1. The van der Waals surface area contributed by atoms with Gasteiger partial charge < -0.3 is 14.5 Å². The average molecular weight is 407 g/mol. The highest BCUT2D eigenvalue weighted by Gasteiger charge is 2.43. The Morgan fingerprint density at radius 2 is 1.73 bits per heavy atom. The molecule has 1 heterocycles. The summed E-state index contributed by atoms with van der Waals surface area (Å²) in [6, 6.07) is 15.2. The third-order valence-corrected chi connectivity index (χ3v) is 6.35. The number of aryl methyl sites for hydroxylation is 1. The average Bonchev–Trinajstić information content (AvgIpc) is 2.78. The van der Waals surface area contributed by atoms with Gasteiger partial charge in [-0.2, -0.15) is 0 Å². The van der Waals surface area contributed by atoms with Crippen molar-refractivity contribution in [1.82, 2.24) is 9.80 Å². The highest BCUT2D eigenvalue weighted by molar-refractivity contribution is 5.95. The van der Waals surface area contributed by atoms with Crippen LogP contribution in [-0.2, 0) is 16.1 Å². The van der Waals surface area contributed by atoms with Gasteiger partial charge in [-0.3, -0.25) is 9.59 Å². The highest BCUT2D eigenvalue weighted by Crippen LogP contribution is 2.34. The van der Waals surface area contributed by atoms with Gasteiger partial charge in [0.15, 0.2) is 0 Å². The van der Waals surface area contributed by atoms with E-state index in [9.17, 15) is 9.59 Å². The predicted molar refractivity (Wildman–Crippen MR) is 116 cm³/mol. The number of carbonyl (C=O) groups is 2. The molecule has 0 radical (unpaired) electrons. The lowest BCUT2D eigenvalue weighted by Crippen LogP contribution is -2.58. The van der Waals surface area contributed by atoms with Crippen LogP contribution in [0.25, 0.3) is 0 Å². The van der Waals surface area contributed by atoms with Crippen LogP contribution < -0.4 is 4.74 Å². The molecular weight excluding hydrogens is 376 g/mol. The van der Waals surface area contributed by atoms with Gasteiger partial charge in [-0.05, 0) is 43.0 Å². The fourth-order valence-electron chi connectivity index (χ4n) is 4.65.